The number of para-hydroxylation sites is 1. The molecular weight excluding hydrogens is 258 g/mol. The lowest BCUT2D eigenvalue weighted by atomic mass is 10.1. The first kappa shape index (κ1) is 14.4. The van der Waals surface area contributed by atoms with Gasteiger partial charge in [0.25, 0.3) is 11.6 Å². The summed E-state index contributed by atoms with van der Waals surface area (Å²) in [4.78, 5) is 22.1. The Kier molecular flexibility index (Phi) is 5.06. The largest absolute Gasteiger partial charge is 0.348 e. The molecule has 6 nitrogen and oxygen atoms in total. The van der Waals surface area contributed by atoms with Crippen LogP contribution in [0.3, 0.4) is 0 Å². The molecule has 98 valence electrons. The molecule has 1 heterocycles. The van der Waals surface area contributed by atoms with Crippen molar-refractivity contribution in [3.05, 3.63) is 39.9 Å². The lowest BCUT2D eigenvalue weighted by Gasteiger charge is -2.11. The minimum Gasteiger partial charge on any atom is -0.348 e. The number of nitrogens with zero attached hydrogens (tertiary/aromatic N) is 1. The van der Waals surface area contributed by atoms with Gasteiger partial charge in [-0.3, -0.25) is 14.9 Å². The maximum atomic E-state index is 11.9. The van der Waals surface area contributed by atoms with Gasteiger partial charge in [0.1, 0.15) is 5.56 Å². The minimum absolute atomic E-state index is 0. The number of rotatable bonds is 3. The molecule has 18 heavy (non-hydrogen) atoms. The number of hydrogen-bond donors (Lipinski definition) is 2. The fourth-order valence-corrected chi connectivity index (χ4v) is 1.87. The topological polar surface area (TPSA) is 84.3 Å². The van der Waals surface area contributed by atoms with Crippen LogP contribution in [0.4, 0.5) is 5.69 Å². The lowest BCUT2D eigenvalue weighted by molar-refractivity contribution is -0.385. The molecule has 0 aromatic heterocycles. The van der Waals surface area contributed by atoms with E-state index in [9.17, 15) is 14.9 Å². The van der Waals surface area contributed by atoms with E-state index in [1.165, 1.54) is 12.1 Å². The molecule has 1 saturated heterocycles. The summed E-state index contributed by atoms with van der Waals surface area (Å²) in [7, 11) is 0. The molecule has 1 atom stereocenters. The Morgan fingerprint density at radius 1 is 1.44 bits per heavy atom. The number of benzene rings is 1. The van der Waals surface area contributed by atoms with E-state index in [0.29, 0.717) is 6.54 Å². The molecule has 0 radical (unpaired) electrons. The van der Waals surface area contributed by atoms with Gasteiger partial charge in [-0.05, 0) is 19.0 Å². The molecule has 2 rings (SSSR count). The second-order valence-corrected chi connectivity index (χ2v) is 3.94. The summed E-state index contributed by atoms with van der Waals surface area (Å²) >= 11 is 0. The Bertz CT molecular complexity index is 447. The summed E-state index contributed by atoms with van der Waals surface area (Å²) in [5.41, 5.74) is -0.0413. The van der Waals surface area contributed by atoms with Crippen molar-refractivity contribution in [2.45, 2.75) is 12.5 Å². The van der Waals surface area contributed by atoms with Gasteiger partial charge in [-0.1, -0.05) is 12.1 Å². The number of nitrogens with one attached hydrogen (secondary N) is 2. The van der Waals surface area contributed by atoms with Crippen LogP contribution >= 0.6 is 12.4 Å². The molecule has 0 spiro atoms. The fraction of sp³-hybridized carbons (Fsp3) is 0.364. The second-order valence-electron chi connectivity index (χ2n) is 3.94. The normalized spacial score (nSPS) is 17.9. The maximum absolute atomic E-state index is 11.9. The molecule has 2 N–H and O–H groups in total. The Morgan fingerprint density at radius 3 is 2.78 bits per heavy atom. The quantitative estimate of drug-likeness (QED) is 0.637. The van der Waals surface area contributed by atoms with Gasteiger partial charge in [-0.25, -0.2) is 0 Å². The monoisotopic (exact) mass is 271 g/mol. The van der Waals surface area contributed by atoms with Crippen molar-refractivity contribution in [2.24, 2.45) is 0 Å². The molecule has 0 aliphatic carbocycles. The standard InChI is InChI=1S/C11H13N3O3.ClH/c15-11(13-8-5-6-12-7-8)9-3-1-2-4-10(9)14(16)17;/h1-4,8,12H,5-7H2,(H,13,15);1H. The van der Waals surface area contributed by atoms with E-state index in [2.05, 4.69) is 10.6 Å². The molecule has 0 saturated carbocycles. The maximum Gasteiger partial charge on any atom is 0.282 e. The number of carbonyl (C=O) groups is 1. The zero-order valence-electron chi connectivity index (χ0n) is 9.59. The van der Waals surface area contributed by atoms with Crippen LogP contribution in [-0.4, -0.2) is 30.0 Å². The van der Waals surface area contributed by atoms with E-state index in [1.54, 1.807) is 12.1 Å². The molecule has 1 aliphatic rings. The highest BCUT2D eigenvalue weighted by atomic mass is 35.5. The summed E-state index contributed by atoms with van der Waals surface area (Å²) < 4.78 is 0. The minimum atomic E-state index is -0.540. The highest BCUT2D eigenvalue weighted by molar-refractivity contribution is 5.98. The van der Waals surface area contributed by atoms with Gasteiger partial charge in [-0.2, -0.15) is 0 Å². The highest BCUT2D eigenvalue weighted by Crippen LogP contribution is 2.17. The van der Waals surface area contributed by atoms with Gasteiger partial charge in [0.2, 0.25) is 0 Å². The van der Waals surface area contributed by atoms with Gasteiger partial charge < -0.3 is 10.6 Å². The third kappa shape index (κ3) is 3.18. The first-order valence-electron chi connectivity index (χ1n) is 5.43. The summed E-state index contributed by atoms with van der Waals surface area (Å²) in [5.74, 6) is -0.383. The summed E-state index contributed by atoms with van der Waals surface area (Å²) in [5, 5.41) is 16.7. The van der Waals surface area contributed by atoms with Crippen LogP contribution in [0.2, 0.25) is 0 Å². The third-order valence-electron chi connectivity index (χ3n) is 2.74. The number of amides is 1. The van der Waals surface area contributed by atoms with Crippen molar-refractivity contribution in [1.29, 1.82) is 0 Å². The Morgan fingerprint density at radius 2 is 2.17 bits per heavy atom. The molecule has 1 aromatic rings. The van der Waals surface area contributed by atoms with E-state index in [1.807, 2.05) is 0 Å². The summed E-state index contributed by atoms with van der Waals surface area (Å²) in [6, 6.07) is 6.03. The van der Waals surface area contributed by atoms with Crippen molar-refractivity contribution in [3.8, 4) is 0 Å². The van der Waals surface area contributed by atoms with E-state index in [4.69, 9.17) is 0 Å². The van der Waals surface area contributed by atoms with Crippen LogP contribution in [0, 0.1) is 10.1 Å². The van der Waals surface area contributed by atoms with Crippen molar-refractivity contribution in [2.75, 3.05) is 13.1 Å². The number of carbonyl (C=O) groups excluding carboxylic acids is 1. The van der Waals surface area contributed by atoms with Gasteiger partial charge >= 0.3 is 0 Å². The number of halogens is 1. The predicted molar refractivity (Wildman–Crippen MR) is 69.1 cm³/mol. The molecular formula is C11H14ClN3O3. The van der Waals surface area contributed by atoms with E-state index in [0.717, 1.165) is 13.0 Å². The lowest BCUT2D eigenvalue weighted by Crippen LogP contribution is -2.36. The molecule has 0 bridgehead atoms. The van der Waals surface area contributed by atoms with Crippen LogP contribution in [-0.2, 0) is 0 Å². The first-order valence-corrected chi connectivity index (χ1v) is 5.43. The highest BCUT2D eigenvalue weighted by Gasteiger charge is 2.22. The zero-order valence-corrected chi connectivity index (χ0v) is 10.4. The van der Waals surface area contributed by atoms with Crippen molar-refractivity contribution in [3.63, 3.8) is 0 Å². The fourth-order valence-electron chi connectivity index (χ4n) is 1.87. The van der Waals surface area contributed by atoms with Crippen LogP contribution in [0.1, 0.15) is 16.8 Å². The average Bonchev–Trinajstić information content (AvgIpc) is 2.81. The molecule has 1 fully saturated rings. The SMILES string of the molecule is Cl.O=C(NC1CCNC1)c1ccccc1[N+](=O)[O-]. The number of nitro benzene ring substituents is 1. The average molecular weight is 272 g/mol. The van der Waals surface area contributed by atoms with Gasteiger partial charge in [-0.15, -0.1) is 12.4 Å². The predicted octanol–water partition coefficient (Wildman–Crippen LogP) is 1.11. The molecule has 1 amide bonds. The van der Waals surface area contributed by atoms with E-state index >= 15 is 0 Å². The van der Waals surface area contributed by atoms with E-state index < -0.39 is 4.92 Å². The second kappa shape index (κ2) is 6.32. The molecule has 7 heteroatoms. The molecule has 1 aliphatic heterocycles. The summed E-state index contributed by atoms with van der Waals surface area (Å²) in [6.07, 6.45) is 0.854. The van der Waals surface area contributed by atoms with E-state index in [-0.39, 0.29) is 35.6 Å². The number of nitro groups is 1. The van der Waals surface area contributed by atoms with Gasteiger partial charge in [0, 0.05) is 18.7 Å². The van der Waals surface area contributed by atoms with Gasteiger partial charge in [0.15, 0.2) is 0 Å². The Hall–Kier alpha value is -1.66. The molecule has 1 unspecified atom stereocenters. The van der Waals surface area contributed by atoms with Crippen LogP contribution in [0.15, 0.2) is 24.3 Å². The van der Waals surface area contributed by atoms with Gasteiger partial charge in [0.05, 0.1) is 4.92 Å². The molecule has 1 aromatic carbocycles. The summed E-state index contributed by atoms with van der Waals surface area (Å²) in [6.45, 7) is 1.58. The van der Waals surface area contributed by atoms with Crippen molar-refractivity contribution < 1.29 is 9.72 Å². The van der Waals surface area contributed by atoms with Crippen LogP contribution < -0.4 is 10.6 Å². The Balaban J connectivity index is 0.00000162. The zero-order chi connectivity index (χ0) is 12.3. The van der Waals surface area contributed by atoms with Crippen LogP contribution in [0.5, 0.6) is 0 Å². The number of hydrogen-bond acceptors (Lipinski definition) is 4. The first-order chi connectivity index (χ1) is 8.18. The smallest absolute Gasteiger partial charge is 0.282 e. The van der Waals surface area contributed by atoms with Crippen molar-refractivity contribution >= 4 is 24.0 Å². The van der Waals surface area contributed by atoms with Crippen LogP contribution in [0.25, 0.3) is 0 Å². The van der Waals surface area contributed by atoms with Crippen molar-refractivity contribution in [1.82, 2.24) is 10.6 Å². The Labute approximate surface area is 110 Å². The third-order valence-corrected chi connectivity index (χ3v) is 2.74.